The summed E-state index contributed by atoms with van der Waals surface area (Å²) in [7, 11) is 0. The maximum atomic E-state index is 5.67. The van der Waals surface area contributed by atoms with Gasteiger partial charge in [-0.25, -0.2) is 0 Å². The van der Waals surface area contributed by atoms with Crippen molar-refractivity contribution in [3.05, 3.63) is 12.5 Å². The van der Waals surface area contributed by atoms with Gasteiger partial charge in [-0.2, -0.15) is 0 Å². The summed E-state index contributed by atoms with van der Waals surface area (Å²) >= 11 is 5.67. The lowest BCUT2D eigenvalue weighted by atomic mass is 10.3. The van der Waals surface area contributed by atoms with E-state index in [-0.39, 0.29) is 11.7 Å². The van der Waals surface area contributed by atoms with Crippen molar-refractivity contribution in [3.8, 4) is 0 Å². The van der Waals surface area contributed by atoms with Crippen molar-refractivity contribution in [1.29, 1.82) is 0 Å². The van der Waals surface area contributed by atoms with Gasteiger partial charge in [-0.05, 0) is 6.92 Å². The summed E-state index contributed by atoms with van der Waals surface area (Å²) in [5, 5.41) is 0.106. The first-order chi connectivity index (χ1) is 4.29. The van der Waals surface area contributed by atoms with Crippen LogP contribution in [-0.2, 0) is 9.47 Å². The van der Waals surface area contributed by atoms with Crippen molar-refractivity contribution in [1.82, 2.24) is 0 Å². The Kier molecular flexibility index (Phi) is 2.22. The molecule has 1 aliphatic heterocycles. The molecule has 3 heteroatoms. The van der Waals surface area contributed by atoms with Crippen LogP contribution >= 0.6 is 11.6 Å². The Morgan fingerprint density at radius 3 is 2.56 bits per heavy atom. The summed E-state index contributed by atoms with van der Waals surface area (Å²) in [4.78, 5) is 0. The highest BCUT2D eigenvalue weighted by Crippen LogP contribution is 2.13. The normalized spacial score (nSPS) is 21.1. The smallest absolute Gasteiger partial charge is 0.241 e. The van der Waals surface area contributed by atoms with E-state index in [1.807, 2.05) is 6.92 Å². The number of halogens is 1. The minimum atomic E-state index is -0.155. The summed E-state index contributed by atoms with van der Waals surface area (Å²) < 4.78 is 9.95. The van der Waals surface area contributed by atoms with E-state index in [2.05, 4.69) is 0 Å². The Morgan fingerprint density at radius 1 is 1.56 bits per heavy atom. The molecule has 0 radical (unpaired) electrons. The van der Waals surface area contributed by atoms with E-state index < -0.39 is 0 Å². The summed E-state index contributed by atoms with van der Waals surface area (Å²) in [6, 6.07) is 0. The van der Waals surface area contributed by atoms with E-state index >= 15 is 0 Å². The molecule has 1 rings (SSSR count). The highest BCUT2D eigenvalue weighted by atomic mass is 35.5. The van der Waals surface area contributed by atoms with Gasteiger partial charge in [-0.1, -0.05) is 0 Å². The summed E-state index contributed by atoms with van der Waals surface area (Å²) in [5.41, 5.74) is 0. The first kappa shape index (κ1) is 6.75. The number of hydrogen-bond acceptors (Lipinski definition) is 2. The molecule has 0 aromatic rings. The van der Waals surface area contributed by atoms with Crippen molar-refractivity contribution >= 4 is 11.6 Å². The van der Waals surface area contributed by atoms with Crippen LogP contribution in [0, 0.1) is 0 Å². The maximum Gasteiger partial charge on any atom is 0.241 e. The first-order valence-electron chi connectivity index (χ1n) is 2.89. The molecule has 1 heterocycles. The van der Waals surface area contributed by atoms with Gasteiger partial charge in [0.2, 0.25) is 6.29 Å². The second kappa shape index (κ2) is 2.97. The second-order valence-corrected chi connectivity index (χ2v) is 2.74. The highest BCUT2D eigenvalue weighted by molar-refractivity contribution is 6.20. The van der Waals surface area contributed by atoms with Gasteiger partial charge >= 0.3 is 0 Å². The molecule has 0 amide bonds. The van der Waals surface area contributed by atoms with Crippen LogP contribution in [-0.4, -0.2) is 11.7 Å². The molecule has 0 aromatic heterocycles. The van der Waals surface area contributed by atoms with Crippen molar-refractivity contribution in [2.24, 2.45) is 0 Å². The van der Waals surface area contributed by atoms with Gasteiger partial charge in [0.25, 0.3) is 0 Å². The number of hydrogen-bond donors (Lipinski definition) is 0. The van der Waals surface area contributed by atoms with Crippen molar-refractivity contribution in [2.75, 3.05) is 0 Å². The predicted molar refractivity (Wildman–Crippen MR) is 35.0 cm³/mol. The number of rotatable bonds is 2. The zero-order valence-corrected chi connectivity index (χ0v) is 5.97. The molecular weight excluding hydrogens is 140 g/mol. The van der Waals surface area contributed by atoms with Crippen LogP contribution in [0.1, 0.15) is 13.3 Å². The topological polar surface area (TPSA) is 18.5 Å². The molecule has 0 saturated carbocycles. The molecule has 9 heavy (non-hydrogen) atoms. The zero-order valence-electron chi connectivity index (χ0n) is 5.21. The molecule has 0 N–H and O–H groups in total. The largest absolute Gasteiger partial charge is 0.459 e. The third-order valence-corrected chi connectivity index (χ3v) is 1.21. The van der Waals surface area contributed by atoms with Crippen LogP contribution in [0.4, 0.5) is 0 Å². The van der Waals surface area contributed by atoms with Crippen molar-refractivity contribution in [2.45, 2.75) is 25.0 Å². The molecule has 0 fully saturated rings. The molecule has 0 spiro atoms. The van der Waals surface area contributed by atoms with Crippen molar-refractivity contribution in [3.63, 3.8) is 0 Å². The molecule has 1 atom stereocenters. The van der Waals surface area contributed by atoms with Gasteiger partial charge in [0.1, 0.15) is 12.5 Å². The van der Waals surface area contributed by atoms with E-state index in [1.54, 1.807) is 0 Å². The molecule has 0 aromatic carbocycles. The van der Waals surface area contributed by atoms with E-state index in [0.29, 0.717) is 0 Å². The monoisotopic (exact) mass is 148 g/mol. The average molecular weight is 149 g/mol. The lowest BCUT2D eigenvalue weighted by Gasteiger charge is -2.10. The van der Waals surface area contributed by atoms with E-state index in [1.165, 1.54) is 12.5 Å². The van der Waals surface area contributed by atoms with E-state index in [9.17, 15) is 0 Å². The third-order valence-electron chi connectivity index (χ3n) is 1.03. The van der Waals surface area contributed by atoms with E-state index in [0.717, 1.165) is 6.42 Å². The van der Waals surface area contributed by atoms with Gasteiger partial charge in [0, 0.05) is 11.8 Å². The molecule has 2 nitrogen and oxygen atoms in total. The van der Waals surface area contributed by atoms with Gasteiger partial charge in [0.15, 0.2) is 0 Å². The fourth-order valence-corrected chi connectivity index (χ4v) is 0.793. The maximum absolute atomic E-state index is 5.67. The molecule has 0 aliphatic carbocycles. The van der Waals surface area contributed by atoms with Gasteiger partial charge in [-0.3, -0.25) is 0 Å². The Labute approximate surface area is 59.4 Å². The Bertz CT molecular complexity index is 104. The van der Waals surface area contributed by atoms with Crippen LogP contribution in [0.2, 0.25) is 0 Å². The lowest BCUT2D eigenvalue weighted by Crippen LogP contribution is -2.11. The van der Waals surface area contributed by atoms with Crippen LogP contribution in [0.3, 0.4) is 0 Å². The molecular formula is C6H9ClO2. The summed E-state index contributed by atoms with van der Waals surface area (Å²) in [6.07, 6.45) is 3.64. The molecule has 0 bridgehead atoms. The average Bonchev–Trinajstić information content (AvgIpc) is 2.15. The number of ether oxygens (including phenoxy) is 2. The Hall–Kier alpha value is -0.370. The highest BCUT2D eigenvalue weighted by Gasteiger charge is 2.14. The molecule has 0 saturated heterocycles. The lowest BCUT2D eigenvalue weighted by molar-refractivity contribution is -0.0274. The van der Waals surface area contributed by atoms with Gasteiger partial charge in [-0.15, -0.1) is 11.6 Å². The van der Waals surface area contributed by atoms with Crippen molar-refractivity contribution < 1.29 is 9.47 Å². The van der Waals surface area contributed by atoms with E-state index in [4.69, 9.17) is 21.1 Å². The van der Waals surface area contributed by atoms with Crippen LogP contribution < -0.4 is 0 Å². The summed E-state index contributed by atoms with van der Waals surface area (Å²) in [6.45, 7) is 1.91. The zero-order chi connectivity index (χ0) is 6.69. The van der Waals surface area contributed by atoms with Gasteiger partial charge in [0.05, 0.1) is 0 Å². The molecule has 52 valence electrons. The minimum Gasteiger partial charge on any atom is -0.459 e. The standard InChI is InChI=1S/C6H9ClO2/c1-5(7)4-6-8-2-3-9-6/h2-3,5-6H,4H2,1H3. The minimum absolute atomic E-state index is 0.106. The Balaban J connectivity index is 2.14. The molecule has 1 aliphatic rings. The third kappa shape index (κ3) is 2.14. The quantitative estimate of drug-likeness (QED) is 0.557. The fourth-order valence-electron chi connectivity index (χ4n) is 0.648. The van der Waals surface area contributed by atoms with Crippen LogP contribution in [0.5, 0.6) is 0 Å². The first-order valence-corrected chi connectivity index (χ1v) is 3.32. The van der Waals surface area contributed by atoms with Crippen LogP contribution in [0.15, 0.2) is 12.5 Å². The SMILES string of the molecule is CC(Cl)CC1OC=CO1. The summed E-state index contributed by atoms with van der Waals surface area (Å²) in [5.74, 6) is 0. The van der Waals surface area contributed by atoms with Gasteiger partial charge < -0.3 is 9.47 Å². The second-order valence-electron chi connectivity index (χ2n) is 1.99. The fraction of sp³-hybridized carbons (Fsp3) is 0.667. The predicted octanol–water partition coefficient (Wildman–Crippen LogP) is 1.85. The Morgan fingerprint density at radius 2 is 2.11 bits per heavy atom. The number of alkyl halides is 1. The molecule has 1 unspecified atom stereocenters. The van der Waals surface area contributed by atoms with Crippen LogP contribution in [0.25, 0.3) is 0 Å².